The van der Waals surface area contributed by atoms with E-state index in [4.69, 9.17) is 0 Å². The normalized spacial score (nSPS) is 16.6. The van der Waals surface area contributed by atoms with Crippen molar-refractivity contribution in [2.75, 3.05) is 24.2 Å². The van der Waals surface area contributed by atoms with Gasteiger partial charge in [0.25, 0.3) is 0 Å². The van der Waals surface area contributed by atoms with Crippen LogP contribution in [0, 0.1) is 17.6 Å². The molecule has 3 nitrogen and oxygen atoms in total. The van der Waals surface area contributed by atoms with Crippen LogP contribution in [0.15, 0.2) is 6.07 Å². The molecule has 0 bridgehead atoms. The standard InChI is InChI=1S/C13H19F2N3/c1-16-12-10(14)7-11(15)13(18-12)17-8-9-5-3-2-4-6-9/h7,9H,2-6,8H2,1H3,(H2,16,17,18). The lowest BCUT2D eigenvalue weighted by Gasteiger charge is -2.22. The monoisotopic (exact) mass is 255 g/mol. The van der Waals surface area contributed by atoms with Gasteiger partial charge < -0.3 is 10.6 Å². The van der Waals surface area contributed by atoms with Crippen LogP contribution in [0.2, 0.25) is 0 Å². The molecule has 100 valence electrons. The van der Waals surface area contributed by atoms with Crippen molar-refractivity contribution in [3.05, 3.63) is 17.7 Å². The van der Waals surface area contributed by atoms with E-state index in [9.17, 15) is 8.78 Å². The lowest BCUT2D eigenvalue weighted by atomic mass is 9.89. The van der Waals surface area contributed by atoms with Crippen molar-refractivity contribution in [1.82, 2.24) is 4.98 Å². The Balaban J connectivity index is 1.99. The number of nitrogens with zero attached hydrogens (tertiary/aromatic N) is 1. The molecule has 1 aliphatic carbocycles. The predicted octanol–water partition coefficient (Wildman–Crippen LogP) is 3.39. The van der Waals surface area contributed by atoms with Gasteiger partial charge >= 0.3 is 0 Å². The van der Waals surface area contributed by atoms with Crippen LogP contribution in [-0.4, -0.2) is 18.6 Å². The summed E-state index contributed by atoms with van der Waals surface area (Å²) >= 11 is 0. The summed E-state index contributed by atoms with van der Waals surface area (Å²) < 4.78 is 26.8. The van der Waals surface area contributed by atoms with Crippen molar-refractivity contribution in [2.45, 2.75) is 32.1 Å². The molecule has 1 aliphatic rings. The van der Waals surface area contributed by atoms with E-state index >= 15 is 0 Å². The molecule has 0 aliphatic heterocycles. The first kappa shape index (κ1) is 13.1. The van der Waals surface area contributed by atoms with Gasteiger partial charge in [-0.05, 0) is 18.8 Å². The van der Waals surface area contributed by atoms with Crippen molar-refractivity contribution < 1.29 is 8.78 Å². The Morgan fingerprint density at radius 2 is 1.83 bits per heavy atom. The van der Waals surface area contributed by atoms with E-state index in [-0.39, 0.29) is 11.6 Å². The van der Waals surface area contributed by atoms with Gasteiger partial charge in [0.1, 0.15) is 0 Å². The minimum absolute atomic E-state index is 0.0718. The van der Waals surface area contributed by atoms with Crippen molar-refractivity contribution in [3.63, 3.8) is 0 Å². The fourth-order valence-corrected chi connectivity index (χ4v) is 2.40. The molecule has 0 amide bonds. The third kappa shape index (κ3) is 3.09. The molecule has 0 saturated heterocycles. The first-order chi connectivity index (χ1) is 8.70. The smallest absolute Gasteiger partial charge is 0.168 e. The van der Waals surface area contributed by atoms with E-state index in [1.54, 1.807) is 7.05 Å². The largest absolute Gasteiger partial charge is 0.371 e. The van der Waals surface area contributed by atoms with E-state index in [0.29, 0.717) is 12.5 Å². The maximum Gasteiger partial charge on any atom is 0.168 e. The molecule has 1 saturated carbocycles. The first-order valence-electron chi connectivity index (χ1n) is 6.48. The van der Waals surface area contributed by atoms with Crippen molar-refractivity contribution in [1.29, 1.82) is 0 Å². The summed E-state index contributed by atoms with van der Waals surface area (Å²) in [6.45, 7) is 0.707. The molecular formula is C13H19F2N3. The van der Waals surface area contributed by atoms with Gasteiger partial charge in [0.05, 0.1) is 0 Å². The molecule has 0 aromatic carbocycles. The van der Waals surface area contributed by atoms with Crippen LogP contribution in [0.5, 0.6) is 0 Å². The van der Waals surface area contributed by atoms with E-state index in [1.165, 1.54) is 32.1 Å². The zero-order valence-corrected chi connectivity index (χ0v) is 10.6. The molecular weight excluding hydrogens is 236 g/mol. The Hall–Kier alpha value is -1.39. The van der Waals surface area contributed by atoms with Crippen LogP contribution in [0.3, 0.4) is 0 Å². The molecule has 0 atom stereocenters. The highest BCUT2D eigenvalue weighted by Crippen LogP contribution is 2.25. The Bertz CT molecular complexity index is 403. The quantitative estimate of drug-likeness (QED) is 0.866. The minimum atomic E-state index is -0.668. The third-order valence-electron chi connectivity index (χ3n) is 3.45. The molecule has 2 N–H and O–H groups in total. The SMILES string of the molecule is CNc1nc(NCC2CCCCC2)c(F)cc1F. The second-order valence-electron chi connectivity index (χ2n) is 4.78. The summed E-state index contributed by atoms with van der Waals surface area (Å²) in [7, 11) is 1.56. The molecule has 0 spiro atoms. The van der Waals surface area contributed by atoms with Crippen LogP contribution in [0.4, 0.5) is 20.4 Å². The van der Waals surface area contributed by atoms with Crippen LogP contribution < -0.4 is 10.6 Å². The van der Waals surface area contributed by atoms with Crippen molar-refractivity contribution >= 4 is 11.6 Å². The fraction of sp³-hybridized carbons (Fsp3) is 0.615. The van der Waals surface area contributed by atoms with Gasteiger partial charge in [-0.25, -0.2) is 13.8 Å². The molecule has 1 aromatic heterocycles. The maximum absolute atomic E-state index is 13.5. The van der Waals surface area contributed by atoms with Gasteiger partial charge in [0, 0.05) is 19.7 Å². The molecule has 18 heavy (non-hydrogen) atoms. The predicted molar refractivity (Wildman–Crippen MR) is 68.8 cm³/mol. The average Bonchev–Trinajstić information content (AvgIpc) is 2.39. The summed E-state index contributed by atoms with van der Waals surface area (Å²) in [4.78, 5) is 3.90. The maximum atomic E-state index is 13.5. The number of anilines is 2. The summed E-state index contributed by atoms with van der Waals surface area (Å²) in [6, 6.07) is 0.863. The second kappa shape index (κ2) is 5.98. The summed E-state index contributed by atoms with van der Waals surface area (Å²) in [5.41, 5.74) is 0. The van der Waals surface area contributed by atoms with E-state index in [0.717, 1.165) is 6.07 Å². The van der Waals surface area contributed by atoms with Crippen molar-refractivity contribution in [3.8, 4) is 0 Å². The van der Waals surface area contributed by atoms with Crippen LogP contribution >= 0.6 is 0 Å². The zero-order valence-electron chi connectivity index (χ0n) is 10.6. The van der Waals surface area contributed by atoms with Crippen LogP contribution in [0.1, 0.15) is 32.1 Å². The second-order valence-corrected chi connectivity index (χ2v) is 4.78. The Kier molecular flexibility index (Phi) is 4.33. The molecule has 1 heterocycles. The number of hydrogen-bond acceptors (Lipinski definition) is 3. The fourth-order valence-electron chi connectivity index (χ4n) is 2.40. The average molecular weight is 255 g/mol. The Labute approximate surface area is 106 Å². The lowest BCUT2D eigenvalue weighted by molar-refractivity contribution is 0.373. The van der Waals surface area contributed by atoms with E-state index in [1.807, 2.05) is 0 Å². The molecule has 1 fully saturated rings. The lowest BCUT2D eigenvalue weighted by Crippen LogP contribution is -2.18. The minimum Gasteiger partial charge on any atom is -0.371 e. The molecule has 0 radical (unpaired) electrons. The molecule has 5 heteroatoms. The highest BCUT2D eigenvalue weighted by atomic mass is 19.1. The van der Waals surface area contributed by atoms with Crippen molar-refractivity contribution in [2.24, 2.45) is 5.92 Å². The van der Waals surface area contributed by atoms with Gasteiger partial charge in [-0.3, -0.25) is 0 Å². The van der Waals surface area contributed by atoms with Crippen LogP contribution in [-0.2, 0) is 0 Å². The molecule has 0 unspecified atom stereocenters. The number of pyridine rings is 1. The number of halogens is 2. The highest BCUT2D eigenvalue weighted by Gasteiger charge is 2.15. The Morgan fingerprint density at radius 1 is 1.17 bits per heavy atom. The third-order valence-corrected chi connectivity index (χ3v) is 3.45. The topological polar surface area (TPSA) is 37.0 Å². The highest BCUT2D eigenvalue weighted by molar-refractivity contribution is 5.47. The summed E-state index contributed by atoms with van der Waals surface area (Å²) in [6.07, 6.45) is 6.13. The molecule has 1 aromatic rings. The van der Waals surface area contributed by atoms with Gasteiger partial charge in [-0.2, -0.15) is 0 Å². The van der Waals surface area contributed by atoms with E-state index < -0.39 is 11.6 Å². The number of rotatable bonds is 4. The number of hydrogen-bond donors (Lipinski definition) is 2. The van der Waals surface area contributed by atoms with Crippen LogP contribution in [0.25, 0.3) is 0 Å². The van der Waals surface area contributed by atoms with Gasteiger partial charge in [0.15, 0.2) is 23.3 Å². The number of aromatic nitrogens is 1. The van der Waals surface area contributed by atoms with Gasteiger partial charge in [0.2, 0.25) is 0 Å². The molecule has 2 rings (SSSR count). The van der Waals surface area contributed by atoms with Gasteiger partial charge in [-0.15, -0.1) is 0 Å². The Morgan fingerprint density at radius 3 is 2.50 bits per heavy atom. The number of nitrogens with one attached hydrogen (secondary N) is 2. The summed E-state index contributed by atoms with van der Waals surface area (Å²) in [5.74, 6) is -0.530. The summed E-state index contributed by atoms with van der Waals surface area (Å²) in [5, 5.41) is 5.60. The van der Waals surface area contributed by atoms with E-state index in [2.05, 4.69) is 15.6 Å². The van der Waals surface area contributed by atoms with Gasteiger partial charge in [-0.1, -0.05) is 19.3 Å². The first-order valence-corrected chi connectivity index (χ1v) is 6.48. The zero-order chi connectivity index (χ0) is 13.0.